The fourth-order valence-electron chi connectivity index (χ4n) is 2.75. The Balaban J connectivity index is 2.07. The van der Waals surface area contributed by atoms with Crippen molar-refractivity contribution in [2.75, 3.05) is 0 Å². The van der Waals surface area contributed by atoms with Crippen molar-refractivity contribution in [3.8, 4) is 0 Å². The summed E-state index contributed by atoms with van der Waals surface area (Å²) in [4.78, 5) is 11.9. The van der Waals surface area contributed by atoms with E-state index in [2.05, 4.69) is 49.4 Å². The summed E-state index contributed by atoms with van der Waals surface area (Å²) in [5.41, 5.74) is 5.02. The van der Waals surface area contributed by atoms with Gasteiger partial charge in [-0.1, -0.05) is 54.1 Å². The average Bonchev–Trinajstić information content (AvgIpc) is 2.38. The van der Waals surface area contributed by atoms with Crippen LogP contribution in [-0.4, -0.2) is 5.78 Å². The topological polar surface area (TPSA) is 17.1 Å². The van der Waals surface area contributed by atoms with Gasteiger partial charge in [-0.2, -0.15) is 0 Å². The van der Waals surface area contributed by atoms with E-state index in [-0.39, 0.29) is 5.92 Å². The van der Waals surface area contributed by atoms with Gasteiger partial charge in [0, 0.05) is 18.8 Å². The Bertz CT molecular complexity index is 581. The van der Waals surface area contributed by atoms with Crippen molar-refractivity contribution in [3.05, 3.63) is 70.8 Å². The molecule has 0 saturated carbocycles. The number of benzene rings is 2. The first-order valence-electron chi connectivity index (χ1n) is 6.40. The summed E-state index contributed by atoms with van der Waals surface area (Å²) in [6, 6.07) is 16.9. The van der Waals surface area contributed by atoms with E-state index in [4.69, 9.17) is 0 Å². The largest absolute Gasteiger partial charge is 0.299 e. The van der Waals surface area contributed by atoms with Gasteiger partial charge < -0.3 is 0 Å². The molecule has 1 atom stereocenters. The second-order valence-electron chi connectivity index (χ2n) is 5.08. The summed E-state index contributed by atoms with van der Waals surface area (Å²) in [6.07, 6.45) is 1.23. The van der Waals surface area contributed by atoms with Crippen LogP contribution < -0.4 is 0 Å². The molecule has 90 valence electrons. The summed E-state index contributed by atoms with van der Waals surface area (Å²) in [6.45, 7) is 2.09. The minimum absolute atomic E-state index is 0.239. The van der Waals surface area contributed by atoms with Crippen LogP contribution in [0.5, 0.6) is 0 Å². The van der Waals surface area contributed by atoms with Crippen molar-refractivity contribution in [1.29, 1.82) is 0 Å². The van der Waals surface area contributed by atoms with Crippen LogP contribution in [0.15, 0.2) is 48.5 Å². The lowest BCUT2D eigenvalue weighted by Crippen LogP contribution is -2.19. The van der Waals surface area contributed by atoms with Gasteiger partial charge >= 0.3 is 0 Å². The summed E-state index contributed by atoms with van der Waals surface area (Å²) in [5.74, 6) is 0.585. The number of Topliss-reactive ketones (excluding diaryl/α,β-unsaturated/α-hetero) is 1. The molecule has 0 heterocycles. The number of ketones is 1. The van der Waals surface area contributed by atoms with Crippen molar-refractivity contribution >= 4 is 5.78 Å². The number of hydrogen-bond donors (Lipinski definition) is 0. The third-order valence-corrected chi connectivity index (χ3v) is 3.73. The van der Waals surface area contributed by atoms with Gasteiger partial charge in [0.15, 0.2) is 0 Å². The molecule has 0 bridgehead atoms. The van der Waals surface area contributed by atoms with E-state index in [1.54, 1.807) is 0 Å². The quantitative estimate of drug-likeness (QED) is 0.738. The fourth-order valence-corrected chi connectivity index (χ4v) is 2.75. The van der Waals surface area contributed by atoms with Gasteiger partial charge in [0.1, 0.15) is 5.78 Å². The van der Waals surface area contributed by atoms with E-state index in [1.807, 2.05) is 6.07 Å². The normalized spacial score (nSPS) is 18.5. The zero-order chi connectivity index (χ0) is 12.5. The zero-order valence-electron chi connectivity index (χ0n) is 10.5. The minimum atomic E-state index is 0.239. The standard InChI is InChI=1S/C17H16O/c1-12-6-8-13(9-7-12)17-11-15(18)10-14-4-2-3-5-16(14)17/h2-9,17H,10-11H2,1H3/t17-/m1/s1. The highest BCUT2D eigenvalue weighted by Crippen LogP contribution is 2.35. The number of carbonyl (C=O) groups excluding carboxylic acids is 1. The molecule has 1 nitrogen and oxygen atoms in total. The SMILES string of the molecule is Cc1ccc([C@H]2CC(=O)Cc3ccccc32)cc1. The van der Waals surface area contributed by atoms with Crippen molar-refractivity contribution in [1.82, 2.24) is 0 Å². The fraction of sp³-hybridized carbons (Fsp3) is 0.235. The molecule has 0 saturated heterocycles. The maximum absolute atomic E-state index is 11.9. The smallest absolute Gasteiger partial charge is 0.138 e. The highest BCUT2D eigenvalue weighted by Gasteiger charge is 2.25. The highest BCUT2D eigenvalue weighted by atomic mass is 16.1. The van der Waals surface area contributed by atoms with Crippen LogP contribution in [-0.2, 0) is 11.2 Å². The molecule has 1 aliphatic carbocycles. The first kappa shape index (κ1) is 11.2. The first-order chi connectivity index (χ1) is 8.74. The maximum atomic E-state index is 11.9. The second kappa shape index (κ2) is 4.41. The van der Waals surface area contributed by atoms with Gasteiger partial charge in [-0.3, -0.25) is 4.79 Å². The highest BCUT2D eigenvalue weighted by molar-refractivity contribution is 5.84. The lowest BCUT2D eigenvalue weighted by Gasteiger charge is -2.25. The molecule has 1 heteroatoms. The predicted molar refractivity (Wildman–Crippen MR) is 72.8 cm³/mol. The molecule has 0 N–H and O–H groups in total. The molecule has 1 aliphatic rings. The zero-order valence-corrected chi connectivity index (χ0v) is 10.5. The summed E-state index contributed by atoms with van der Waals surface area (Å²) in [7, 11) is 0. The molecule has 2 aromatic carbocycles. The molecular formula is C17H16O. The van der Waals surface area contributed by atoms with E-state index in [0.29, 0.717) is 18.6 Å². The molecular weight excluding hydrogens is 220 g/mol. The van der Waals surface area contributed by atoms with Crippen LogP contribution in [0.1, 0.15) is 34.6 Å². The summed E-state index contributed by atoms with van der Waals surface area (Å²) < 4.78 is 0. The molecule has 0 amide bonds. The van der Waals surface area contributed by atoms with E-state index >= 15 is 0 Å². The Kier molecular flexibility index (Phi) is 2.75. The Hall–Kier alpha value is -1.89. The Morgan fingerprint density at radius 2 is 1.72 bits per heavy atom. The predicted octanol–water partition coefficient (Wildman–Crippen LogP) is 3.64. The van der Waals surface area contributed by atoms with E-state index in [1.165, 1.54) is 22.3 Å². The van der Waals surface area contributed by atoms with Gasteiger partial charge in [0.05, 0.1) is 0 Å². The number of carbonyl (C=O) groups is 1. The lowest BCUT2D eigenvalue weighted by atomic mass is 9.78. The number of aryl methyl sites for hydroxylation is 1. The monoisotopic (exact) mass is 236 g/mol. The molecule has 0 spiro atoms. The number of fused-ring (bicyclic) bond motifs is 1. The van der Waals surface area contributed by atoms with Crippen molar-refractivity contribution < 1.29 is 4.79 Å². The molecule has 0 fully saturated rings. The van der Waals surface area contributed by atoms with E-state index < -0.39 is 0 Å². The number of hydrogen-bond acceptors (Lipinski definition) is 1. The molecule has 0 unspecified atom stereocenters. The Labute approximate surface area is 107 Å². The van der Waals surface area contributed by atoms with Gasteiger partial charge in [-0.15, -0.1) is 0 Å². The van der Waals surface area contributed by atoms with Crippen LogP contribution in [0.3, 0.4) is 0 Å². The van der Waals surface area contributed by atoms with Crippen LogP contribution in [0.25, 0.3) is 0 Å². The van der Waals surface area contributed by atoms with Crippen molar-refractivity contribution in [2.24, 2.45) is 0 Å². The maximum Gasteiger partial charge on any atom is 0.138 e. The van der Waals surface area contributed by atoms with Crippen molar-refractivity contribution in [2.45, 2.75) is 25.7 Å². The van der Waals surface area contributed by atoms with E-state index in [0.717, 1.165) is 0 Å². The molecule has 2 aromatic rings. The second-order valence-corrected chi connectivity index (χ2v) is 5.08. The van der Waals surface area contributed by atoms with Crippen LogP contribution in [0.4, 0.5) is 0 Å². The minimum Gasteiger partial charge on any atom is -0.299 e. The number of rotatable bonds is 1. The van der Waals surface area contributed by atoms with Gasteiger partial charge in [0.25, 0.3) is 0 Å². The van der Waals surface area contributed by atoms with Gasteiger partial charge in [-0.05, 0) is 23.6 Å². The van der Waals surface area contributed by atoms with Gasteiger partial charge in [0.2, 0.25) is 0 Å². The van der Waals surface area contributed by atoms with Crippen LogP contribution in [0, 0.1) is 6.92 Å². The van der Waals surface area contributed by atoms with Gasteiger partial charge in [-0.25, -0.2) is 0 Å². The van der Waals surface area contributed by atoms with Crippen molar-refractivity contribution in [3.63, 3.8) is 0 Å². The lowest BCUT2D eigenvalue weighted by molar-refractivity contribution is -0.119. The van der Waals surface area contributed by atoms with E-state index in [9.17, 15) is 4.79 Å². The third-order valence-electron chi connectivity index (χ3n) is 3.73. The molecule has 0 radical (unpaired) electrons. The molecule has 3 rings (SSSR count). The molecule has 0 aliphatic heterocycles. The molecule has 18 heavy (non-hydrogen) atoms. The Morgan fingerprint density at radius 3 is 2.50 bits per heavy atom. The third kappa shape index (κ3) is 1.97. The Morgan fingerprint density at radius 1 is 1.00 bits per heavy atom. The summed E-state index contributed by atoms with van der Waals surface area (Å²) in [5, 5.41) is 0. The summed E-state index contributed by atoms with van der Waals surface area (Å²) >= 11 is 0. The average molecular weight is 236 g/mol. The van der Waals surface area contributed by atoms with Crippen LogP contribution in [0.2, 0.25) is 0 Å². The molecule has 0 aromatic heterocycles. The first-order valence-corrected chi connectivity index (χ1v) is 6.40. The van der Waals surface area contributed by atoms with Crippen LogP contribution >= 0.6 is 0 Å².